The molecule has 0 radical (unpaired) electrons. The van der Waals surface area contributed by atoms with Crippen molar-refractivity contribution in [1.82, 2.24) is 15.5 Å². The maximum Gasteiger partial charge on any atom is 0.191 e. The molecule has 1 saturated heterocycles. The predicted octanol–water partition coefficient (Wildman–Crippen LogP) is 3.42. The number of nitrogens with zero attached hydrogens (tertiary/aromatic N) is 2. The molecule has 2 rings (SSSR count). The number of ether oxygens (including phenoxy) is 2. The van der Waals surface area contributed by atoms with Crippen molar-refractivity contribution >= 4 is 5.96 Å². The summed E-state index contributed by atoms with van der Waals surface area (Å²) >= 11 is 0. The summed E-state index contributed by atoms with van der Waals surface area (Å²) in [7, 11) is 1.82. The molecule has 0 unspecified atom stereocenters. The van der Waals surface area contributed by atoms with Crippen LogP contribution in [0.5, 0.6) is 5.75 Å². The smallest absolute Gasteiger partial charge is 0.191 e. The minimum absolute atomic E-state index is 0.218. The second kappa shape index (κ2) is 11.4. The Morgan fingerprint density at radius 2 is 1.90 bits per heavy atom. The summed E-state index contributed by atoms with van der Waals surface area (Å²) in [6, 6.07) is 8.62. The van der Waals surface area contributed by atoms with Gasteiger partial charge >= 0.3 is 0 Å². The SMILES string of the molecule is CN=C(NCc1ccccc1OC(C)(C)C)NC1CCN(CCOC(C)C)CC1. The standard InChI is InChI=1S/C23H40N4O2/c1-18(2)28-16-15-27-13-11-20(12-14-27)26-22(24-6)25-17-19-9-7-8-10-21(19)29-23(3,4)5/h7-10,18,20H,11-17H2,1-6H3,(H2,24,25,26). The number of nitrogens with one attached hydrogen (secondary N) is 2. The Kier molecular flexibility index (Phi) is 9.24. The van der Waals surface area contributed by atoms with Crippen molar-refractivity contribution in [2.24, 2.45) is 4.99 Å². The Balaban J connectivity index is 1.78. The molecule has 6 heteroatoms. The van der Waals surface area contributed by atoms with Crippen molar-refractivity contribution < 1.29 is 9.47 Å². The Bertz CT molecular complexity index is 632. The second-order valence-electron chi connectivity index (χ2n) is 8.93. The van der Waals surface area contributed by atoms with Gasteiger partial charge in [-0.3, -0.25) is 4.99 Å². The predicted molar refractivity (Wildman–Crippen MR) is 121 cm³/mol. The Morgan fingerprint density at radius 1 is 1.21 bits per heavy atom. The lowest BCUT2D eigenvalue weighted by molar-refractivity contribution is 0.0532. The molecule has 0 amide bonds. The van der Waals surface area contributed by atoms with Crippen LogP contribution in [0.25, 0.3) is 0 Å². The minimum Gasteiger partial charge on any atom is -0.488 e. The van der Waals surface area contributed by atoms with Crippen molar-refractivity contribution in [3.63, 3.8) is 0 Å². The lowest BCUT2D eigenvalue weighted by Gasteiger charge is -2.33. The number of likely N-dealkylation sites (tertiary alicyclic amines) is 1. The number of piperidine rings is 1. The molecule has 1 fully saturated rings. The zero-order valence-electron chi connectivity index (χ0n) is 19.1. The van der Waals surface area contributed by atoms with Crippen molar-refractivity contribution in [2.75, 3.05) is 33.3 Å². The van der Waals surface area contributed by atoms with E-state index in [0.717, 1.165) is 56.4 Å². The lowest BCUT2D eigenvalue weighted by Crippen LogP contribution is -2.49. The molecular formula is C23H40N4O2. The summed E-state index contributed by atoms with van der Waals surface area (Å²) in [5, 5.41) is 7.02. The van der Waals surface area contributed by atoms with Gasteiger partial charge in [0.05, 0.1) is 12.7 Å². The molecule has 1 aliphatic rings. The highest BCUT2D eigenvalue weighted by molar-refractivity contribution is 5.80. The molecule has 1 heterocycles. The van der Waals surface area contributed by atoms with Crippen LogP contribution < -0.4 is 15.4 Å². The zero-order chi connectivity index (χ0) is 21.3. The fraction of sp³-hybridized carbons (Fsp3) is 0.696. The van der Waals surface area contributed by atoms with E-state index in [2.05, 4.69) is 61.2 Å². The first-order valence-electron chi connectivity index (χ1n) is 10.8. The van der Waals surface area contributed by atoms with Gasteiger partial charge in [0.2, 0.25) is 0 Å². The largest absolute Gasteiger partial charge is 0.488 e. The van der Waals surface area contributed by atoms with Gasteiger partial charge in [-0.2, -0.15) is 0 Å². The number of benzene rings is 1. The van der Waals surface area contributed by atoms with Crippen LogP contribution in [0.4, 0.5) is 0 Å². The highest BCUT2D eigenvalue weighted by Gasteiger charge is 2.20. The summed E-state index contributed by atoms with van der Waals surface area (Å²) in [6.07, 6.45) is 2.54. The van der Waals surface area contributed by atoms with Crippen molar-refractivity contribution in [3.8, 4) is 5.75 Å². The van der Waals surface area contributed by atoms with Crippen LogP contribution in [0.3, 0.4) is 0 Å². The molecule has 1 aromatic carbocycles. The van der Waals surface area contributed by atoms with Gasteiger partial charge in [-0.15, -0.1) is 0 Å². The number of aliphatic imine (C=N–C) groups is 1. The van der Waals surface area contributed by atoms with E-state index in [1.54, 1.807) is 0 Å². The summed E-state index contributed by atoms with van der Waals surface area (Å²) in [4.78, 5) is 6.89. The third-order valence-electron chi connectivity index (χ3n) is 4.85. The number of rotatable bonds is 8. The summed E-state index contributed by atoms with van der Waals surface area (Å²) < 4.78 is 11.8. The average Bonchev–Trinajstić information content (AvgIpc) is 2.66. The fourth-order valence-corrected chi connectivity index (χ4v) is 3.36. The Labute approximate surface area is 177 Å². The number of guanidine groups is 1. The van der Waals surface area contributed by atoms with E-state index in [9.17, 15) is 0 Å². The van der Waals surface area contributed by atoms with Gasteiger partial charge in [0.15, 0.2) is 5.96 Å². The monoisotopic (exact) mass is 404 g/mol. The molecular weight excluding hydrogens is 364 g/mol. The van der Waals surface area contributed by atoms with Gasteiger partial charge in [-0.05, 0) is 53.5 Å². The molecule has 1 aromatic rings. The molecule has 0 aliphatic carbocycles. The van der Waals surface area contributed by atoms with Gasteiger partial charge in [0.1, 0.15) is 11.4 Å². The maximum atomic E-state index is 6.09. The van der Waals surface area contributed by atoms with E-state index in [1.165, 1.54) is 0 Å². The van der Waals surface area contributed by atoms with Crippen LogP contribution in [0.2, 0.25) is 0 Å². The first-order chi connectivity index (χ1) is 13.8. The number of para-hydroxylation sites is 1. The summed E-state index contributed by atoms with van der Waals surface area (Å²) in [5.74, 6) is 1.76. The van der Waals surface area contributed by atoms with Gasteiger partial charge in [0, 0.05) is 44.8 Å². The van der Waals surface area contributed by atoms with Gasteiger partial charge in [-0.25, -0.2) is 0 Å². The minimum atomic E-state index is -0.218. The fourth-order valence-electron chi connectivity index (χ4n) is 3.36. The second-order valence-corrected chi connectivity index (χ2v) is 8.93. The van der Waals surface area contributed by atoms with Crippen LogP contribution in [-0.2, 0) is 11.3 Å². The van der Waals surface area contributed by atoms with Crippen LogP contribution in [0.15, 0.2) is 29.3 Å². The molecule has 0 aromatic heterocycles. The topological polar surface area (TPSA) is 58.1 Å². The first-order valence-corrected chi connectivity index (χ1v) is 10.8. The van der Waals surface area contributed by atoms with E-state index < -0.39 is 0 Å². The molecule has 1 aliphatic heterocycles. The quantitative estimate of drug-likeness (QED) is 0.514. The molecule has 164 valence electrons. The van der Waals surface area contributed by atoms with E-state index in [0.29, 0.717) is 18.7 Å². The van der Waals surface area contributed by atoms with Crippen LogP contribution >= 0.6 is 0 Å². The maximum absolute atomic E-state index is 6.09. The van der Waals surface area contributed by atoms with Crippen molar-refractivity contribution in [3.05, 3.63) is 29.8 Å². The average molecular weight is 405 g/mol. The molecule has 0 saturated carbocycles. The van der Waals surface area contributed by atoms with Gasteiger partial charge in [0.25, 0.3) is 0 Å². The molecule has 0 atom stereocenters. The summed E-state index contributed by atoms with van der Waals surface area (Å²) in [5.41, 5.74) is 0.912. The van der Waals surface area contributed by atoms with E-state index in [-0.39, 0.29) is 5.60 Å². The van der Waals surface area contributed by atoms with E-state index in [4.69, 9.17) is 9.47 Å². The molecule has 2 N–H and O–H groups in total. The zero-order valence-corrected chi connectivity index (χ0v) is 19.1. The van der Waals surface area contributed by atoms with Gasteiger partial charge < -0.3 is 25.0 Å². The van der Waals surface area contributed by atoms with Crippen LogP contribution in [0, 0.1) is 0 Å². The normalized spacial score (nSPS) is 16.9. The Hall–Kier alpha value is -1.79. The first kappa shape index (κ1) is 23.5. The molecule has 0 bridgehead atoms. The van der Waals surface area contributed by atoms with Crippen LogP contribution in [-0.4, -0.2) is 61.9 Å². The third kappa shape index (κ3) is 9.05. The molecule has 6 nitrogen and oxygen atoms in total. The highest BCUT2D eigenvalue weighted by Crippen LogP contribution is 2.22. The van der Waals surface area contributed by atoms with Crippen molar-refractivity contribution in [1.29, 1.82) is 0 Å². The summed E-state index contributed by atoms with van der Waals surface area (Å²) in [6.45, 7) is 15.1. The van der Waals surface area contributed by atoms with Crippen LogP contribution in [0.1, 0.15) is 53.0 Å². The van der Waals surface area contributed by atoms with Gasteiger partial charge in [-0.1, -0.05) is 18.2 Å². The number of hydrogen-bond acceptors (Lipinski definition) is 4. The van der Waals surface area contributed by atoms with Crippen molar-refractivity contribution in [2.45, 2.75) is 71.8 Å². The molecule has 29 heavy (non-hydrogen) atoms. The third-order valence-corrected chi connectivity index (χ3v) is 4.85. The highest BCUT2D eigenvalue weighted by atomic mass is 16.5. The Morgan fingerprint density at radius 3 is 2.52 bits per heavy atom. The number of hydrogen-bond donors (Lipinski definition) is 2. The lowest BCUT2D eigenvalue weighted by atomic mass is 10.1. The molecule has 0 spiro atoms. The van der Waals surface area contributed by atoms with E-state index >= 15 is 0 Å². The van der Waals surface area contributed by atoms with E-state index in [1.807, 2.05) is 25.2 Å².